The van der Waals surface area contributed by atoms with E-state index in [0.29, 0.717) is 43.6 Å². The van der Waals surface area contributed by atoms with Crippen LogP contribution in [-0.4, -0.2) is 41.9 Å². The number of halogens is 4. The summed E-state index contributed by atoms with van der Waals surface area (Å²) < 4.78 is 41.5. The fourth-order valence-corrected chi connectivity index (χ4v) is 1.69. The number of aromatic nitrogens is 2. The number of rotatable bonds is 8. The van der Waals surface area contributed by atoms with E-state index in [0.717, 1.165) is 0 Å². The molecule has 1 rings (SSSR count). The van der Waals surface area contributed by atoms with Crippen molar-refractivity contribution in [1.82, 2.24) is 20.8 Å². The van der Waals surface area contributed by atoms with E-state index in [1.807, 2.05) is 20.8 Å². The molecule has 0 bridgehead atoms. The zero-order valence-corrected chi connectivity index (χ0v) is 16.4. The molecule has 0 aliphatic rings. The van der Waals surface area contributed by atoms with Crippen molar-refractivity contribution in [3.8, 4) is 0 Å². The predicted molar refractivity (Wildman–Crippen MR) is 96.8 cm³/mol. The normalized spacial score (nSPS) is 12.2. The zero-order chi connectivity index (χ0) is 17.3. The van der Waals surface area contributed by atoms with E-state index >= 15 is 0 Å². The Morgan fingerprint density at radius 3 is 2.54 bits per heavy atom. The summed E-state index contributed by atoms with van der Waals surface area (Å²) in [6.07, 6.45) is -3.80. The van der Waals surface area contributed by atoms with Crippen LogP contribution in [0.2, 0.25) is 0 Å². The lowest BCUT2D eigenvalue weighted by Gasteiger charge is -2.12. The molecule has 140 valence electrons. The first-order valence-electron chi connectivity index (χ1n) is 7.73. The second-order valence-corrected chi connectivity index (χ2v) is 5.36. The number of guanidine groups is 1. The molecule has 1 aromatic heterocycles. The first kappa shape index (κ1) is 22.9. The van der Waals surface area contributed by atoms with Crippen LogP contribution in [0, 0.1) is 0 Å². The minimum Gasteiger partial charge on any atom is -0.357 e. The quantitative estimate of drug-likeness (QED) is 0.268. The molecule has 1 aromatic rings. The molecule has 0 spiro atoms. The van der Waals surface area contributed by atoms with Crippen LogP contribution >= 0.6 is 24.0 Å². The van der Waals surface area contributed by atoms with E-state index < -0.39 is 12.6 Å². The van der Waals surface area contributed by atoms with Crippen LogP contribution in [0.5, 0.6) is 0 Å². The molecule has 0 aliphatic heterocycles. The van der Waals surface area contributed by atoms with Crippen molar-refractivity contribution in [2.75, 3.05) is 19.6 Å². The number of hydrogen-bond donors (Lipinski definition) is 2. The molecule has 0 aromatic carbocycles. The number of alkyl halides is 3. The standard InChI is InChI=1S/C14H24F3N5O.HI/c1-4-18-13(20-9-7-14(15,16)17)19-8-5-6-11-21-12(10(2)3)22-23-11;/h10H,4-9H2,1-3H3,(H2,18,19,20);1H. The topological polar surface area (TPSA) is 75.3 Å². The van der Waals surface area contributed by atoms with Crippen molar-refractivity contribution >= 4 is 29.9 Å². The largest absolute Gasteiger partial charge is 0.390 e. The highest BCUT2D eigenvalue weighted by Crippen LogP contribution is 2.18. The molecule has 0 aliphatic carbocycles. The summed E-state index contributed by atoms with van der Waals surface area (Å²) in [5, 5.41) is 9.44. The van der Waals surface area contributed by atoms with Gasteiger partial charge in [-0.15, -0.1) is 24.0 Å². The molecule has 0 atom stereocenters. The number of nitrogens with zero attached hydrogens (tertiary/aromatic N) is 3. The monoisotopic (exact) mass is 463 g/mol. The highest BCUT2D eigenvalue weighted by Gasteiger charge is 2.26. The Morgan fingerprint density at radius 1 is 1.29 bits per heavy atom. The van der Waals surface area contributed by atoms with Gasteiger partial charge in [-0.2, -0.15) is 18.2 Å². The van der Waals surface area contributed by atoms with Gasteiger partial charge in [0.15, 0.2) is 11.8 Å². The van der Waals surface area contributed by atoms with Crippen molar-refractivity contribution < 1.29 is 17.7 Å². The molecule has 0 saturated heterocycles. The predicted octanol–water partition coefficient (Wildman–Crippen LogP) is 3.25. The van der Waals surface area contributed by atoms with Gasteiger partial charge in [0.05, 0.1) is 6.42 Å². The van der Waals surface area contributed by atoms with Gasteiger partial charge in [0.25, 0.3) is 0 Å². The summed E-state index contributed by atoms with van der Waals surface area (Å²) in [5.41, 5.74) is 0. The van der Waals surface area contributed by atoms with E-state index in [4.69, 9.17) is 4.52 Å². The number of hydrogen-bond acceptors (Lipinski definition) is 4. The van der Waals surface area contributed by atoms with Gasteiger partial charge in [0.2, 0.25) is 5.89 Å². The Morgan fingerprint density at radius 2 is 2.00 bits per heavy atom. The van der Waals surface area contributed by atoms with Crippen molar-refractivity contribution in [2.24, 2.45) is 4.99 Å². The second-order valence-electron chi connectivity index (χ2n) is 5.36. The summed E-state index contributed by atoms with van der Waals surface area (Å²) in [7, 11) is 0. The van der Waals surface area contributed by atoms with E-state index in [1.165, 1.54) is 0 Å². The van der Waals surface area contributed by atoms with Gasteiger partial charge in [-0.25, -0.2) is 0 Å². The minimum absolute atomic E-state index is 0. The summed E-state index contributed by atoms with van der Waals surface area (Å²) in [5.74, 6) is 1.82. The van der Waals surface area contributed by atoms with Gasteiger partial charge in [-0.05, 0) is 13.3 Å². The number of nitrogens with one attached hydrogen (secondary N) is 2. The number of aryl methyl sites for hydroxylation is 1. The lowest BCUT2D eigenvalue weighted by atomic mass is 10.2. The average molecular weight is 463 g/mol. The highest BCUT2D eigenvalue weighted by molar-refractivity contribution is 14.0. The van der Waals surface area contributed by atoms with Crippen LogP contribution in [0.15, 0.2) is 9.52 Å². The Hall–Kier alpha value is -1.07. The highest BCUT2D eigenvalue weighted by atomic mass is 127. The summed E-state index contributed by atoms with van der Waals surface area (Å²) in [6, 6.07) is 0. The van der Waals surface area contributed by atoms with Gasteiger partial charge in [-0.1, -0.05) is 19.0 Å². The molecular formula is C14H25F3IN5O. The zero-order valence-electron chi connectivity index (χ0n) is 14.1. The minimum atomic E-state index is -4.17. The molecule has 0 fully saturated rings. The smallest absolute Gasteiger partial charge is 0.357 e. The molecule has 1 heterocycles. The fourth-order valence-electron chi connectivity index (χ4n) is 1.69. The third-order valence-corrected chi connectivity index (χ3v) is 2.86. The molecule has 6 nitrogen and oxygen atoms in total. The van der Waals surface area contributed by atoms with Crippen LogP contribution in [-0.2, 0) is 6.42 Å². The van der Waals surface area contributed by atoms with E-state index in [1.54, 1.807) is 0 Å². The van der Waals surface area contributed by atoms with Crippen molar-refractivity contribution in [2.45, 2.75) is 52.1 Å². The third kappa shape index (κ3) is 9.93. The van der Waals surface area contributed by atoms with E-state index in [2.05, 4.69) is 25.8 Å². The van der Waals surface area contributed by atoms with Gasteiger partial charge in [-0.3, -0.25) is 4.99 Å². The second kappa shape index (κ2) is 11.5. The van der Waals surface area contributed by atoms with Gasteiger partial charge in [0.1, 0.15) is 0 Å². The maximum atomic E-state index is 12.1. The first-order chi connectivity index (χ1) is 10.8. The Kier molecular flexibility index (Phi) is 11.0. The summed E-state index contributed by atoms with van der Waals surface area (Å²) in [6.45, 7) is 6.66. The average Bonchev–Trinajstić information content (AvgIpc) is 2.91. The molecule has 2 N–H and O–H groups in total. The fraction of sp³-hybridized carbons (Fsp3) is 0.786. The molecule has 10 heteroatoms. The van der Waals surface area contributed by atoms with Crippen LogP contribution in [0.25, 0.3) is 0 Å². The molecule has 0 radical (unpaired) electrons. The SMILES string of the molecule is CCNC(=NCCCc1nc(C(C)C)no1)NCCC(F)(F)F.I. The Balaban J connectivity index is 0.00000529. The van der Waals surface area contributed by atoms with Crippen LogP contribution < -0.4 is 10.6 Å². The lowest BCUT2D eigenvalue weighted by Crippen LogP contribution is -2.39. The van der Waals surface area contributed by atoms with Crippen molar-refractivity contribution in [3.05, 3.63) is 11.7 Å². The molecule has 0 unspecified atom stereocenters. The maximum absolute atomic E-state index is 12.1. The van der Waals surface area contributed by atoms with Gasteiger partial charge in [0, 0.05) is 32.0 Å². The van der Waals surface area contributed by atoms with E-state index in [9.17, 15) is 13.2 Å². The van der Waals surface area contributed by atoms with E-state index in [-0.39, 0.29) is 36.4 Å². The third-order valence-electron chi connectivity index (χ3n) is 2.86. The lowest BCUT2D eigenvalue weighted by molar-refractivity contribution is -0.132. The van der Waals surface area contributed by atoms with Crippen LogP contribution in [0.1, 0.15) is 51.2 Å². The Labute approximate surface area is 157 Å². The molecule has 24 heavy (non-hydrogen) atoms. The molecule has 0 saturated carbocycles. The molecule has 0 amide bonds. The van der Waals surface area contributed by atoms with Gasteiger partial charge < -0.3 is 15.2 Å². The van der Waals surface area contributed by atoms with Crippen LogP contribution in [0.4, 0.5) is 13.2 Å². The Bertz CT molecular complexity index is 491. The molecular weight excluding hydrogens is 438 g/mol. The summed E-state index contributed by atoms with van der Waals surface area (Å²) in [4.78, 5) is 8.48. The van der Waals surface area contributed by atoms with Gasteiger partial charge >= 0.3 is 6.18 Å². The van der Waals surface area contributed by atoms with Crippen LogP contribution in [0.3, 0.4) is 0 Å². The maximum Gasteiger partial charge on any atom is 0.390 e. The number of aliphatic imine (C=N–C) groups is 1. The summed E-state index contributed by atoms with van der Waals surface area (Å²) >= 11 is 0. The first-order valence-corrected chi connectivity index (χ1v) is 7.73. The van der Waals surface area contributed by atoms with Crippen molar-refractivity contribution in [3.63, 3.8) is 0 Å². The van der Waals surface area contributed by atoms with Crippen molar-refractivity contribution in [1.29, 1.82) is 0 Å².